The molecule has 0 rings (SSSR count). The second kappa shape index (κ2) is 10.7. The van der Waals surface area contributed by atoms with Crippen LogP contribution in [0.4, 0.5) is 9.59 Å². The lowest BCUT2D eigenvalue weighted by Crippen LogP contribution is -2.42. The zero-order valence-electron chi connectivity index (χ0n) is 17.4. The molecule has 0 saturated heterocycles. The van der Waals surface area contributed by atoms with Crippen LogP contribution in [0.3, 0.4) is 0 Å². The van der Waals surface area contributed by atoms with Crippen molar-refractivity contribution < 1.29 is 31.7 Å². The van der Waals surface area contributed by atoms with Crippen molar-refractivity contribution in [2.24, 2.45) is 0 Å². The summed E-state index contributed by atoms with van der Waals surface area (Å²) in [6.07, 6.45) is 1.53. The number of nitrogens with one attached hydrogen (secondary N) is 2. The van der Waals surface area contributed by atoms with Gasteiger partial charge in [-0.25, -0.2) is 9.59 Å². The van der Waals surface area contributed by atoms with E-state index in [-0.39, 0.29) is 6.61 Å². The molecule has 0 aromatic rings. The van der Waals surface area contributed by atoms with E-state index in [2.05, 4.69) is 10.6 Å². The molecule has 160 valence electrons. The Kier molecular flexibility index (Phi) is 10.1. The van der Waals surface area contributed by atoms with Crippen molar-refractivity contribution in [3.05, 3.63) is 0 Å². The lowest BCUT2D eigenvalue weighted by atomic mass is 10.1. The largest absolute Gasteiger partial charge is 0.444 e. The minimum atomic E-state index is -3.62. The van der Waals surface area contributed by atoms with Gasteiger partial charge in [0.05, 0.1) is 18.9 Å². The third-order valence-electron chi connectivity index (χ3n) is 2.85. The summed E-state index contributed by atoms with van der Waals surface area (Å²) in [4.78, 5) is 23.4. The van der Waals surface area contributed by atoms with Gasteiger partial charge in [-0.1, -0.05) is 0 Å². The Morgan fingerprint density at radius 2 is 1.44 bits per heavy atom. The molecule has 2 N–H and O–H groups in total. The van der Waals surface area contributed by atoms with E-state index in [9.17, 15) is 18.0 Å². The van der Waals surface area contributed by atoms with Gasteiger partial charge in [-0.2, -0.15) is 8.42 Å². The summed E-state index contributed by atoms with van der Waals surface area (Å²) < 4.78 is 37.5. The molecule has 0 aromatic heterocycles. The van der Waals surface area contributed by atoms with E-state index in [1.165, 1.54) is 0 Å². The average molecular weight is 411 g/mol. The molecule has 0 aliphatic rings. The van der Waals surface area contributed by atoms with Crippen molar-refractivity contribution in [1.82, 2.24) is 10.6 Å². The molecule has 0 aromatic carbocycles. The molecule has 2 amide bonds. The maximum Gasteiger partial charge on any atom is 0.407 e. The van der Waals surface area contributed by atoms with Gasteiger partial charge < -0.3 is 20.1 Å². The van der Waals surface area contributed by atoms with Crippen molar-refractivity contribution in [3.8, 4) is 0 Å². The van der Waals surface area contributed by atoms with E-state index in [0.717, 1.165) is 6.26 Å². The third kappa shape index (κ3) is 17.6. The summed E-state index contributed by atoms with van der Waals surface area (Å²) in [6.45, 7) is 10.8. The summed E-state index contributed by atoms with van der Waals surface area (Å²) >= 11 is 0. The van der Waals surface area contributed by atoms with Gasteiger partial charge in [0.1, 0.15) is 11.2 Å². The van der Waals surface area contributed by atoms with E-state index >= 15 is 0 Å². The lowest BCUT2D eigenvalue weighted by Gasteiger charge is -2.23. The Balaban J connectivity index is 4.38. The molecule has 9 nitrogen and oxygen atoms in total. The monoisotopic (exact) mass is 410 g/mol. The Morgan fingerprint density at radius 3 is 1.93 bits per heavy atom. The van der Waals surface area contributed by atoms with Crippen LogP contribution in [-0.2, 0) is 23.8 Å². The van der Waals surface area contributed by atoms with Crippen molar-refractivity contribution in [1.29, 1.82) is 0 Å². The number of carbonyl (C=O) groups is 2. The van der Waals surface area contributed by atoms with Crippen LogP contribution in [0.15, 0.2) is 0 Å². The summed E-state index contributed by atoms with van der Waals surface area (Å²) in [5.74, 6) is 0. The summed E-state index contributed by atoms with van der Waals surface area (Å²) in [6, 6.07) is -0.531. The first kappa shape index (κ1) is 25.4. The van der Waals surface area contributed by atoms with Gasteiger partial charge in [0.25, 0.3) is 10.1 Å². The number of hydrogen-bond acceptors (Lipinski definition) is 7. The highest BCUT2D eigenvalue weighted by molar-refractivity contribution is 7.85. The van der Waals surface area contributed by atoms with Crippen LogP contribution in [0.1, 0.15) is 60.8 Å². The third-order valence-corrected chi connectivity index (χ3v) is 3.42. The number of alkyl carbamates (subject to hydrolysis) is 2. The fourth-order valence-electron chi connectivity index (χ4n) is 1.90. The molecular weight excluding hydrogens is 376 g/mol. The van der Waals surface area contributed by atoms with Crippen LogP contribution in [0.2, 0.25) is 0 Å². The fraction of sp³-hybridized carbons (Fsp3) is 0.882. The molecule has 0 radical (unpaired) electrons. The van der Waals surface area contributed by atoms with Gasteiger partial charge in [-0.15, -0.1) is 0 Å². The highest BCUT2D eigenvalue weighted by atomic mass is 32.2. The summed E-state index contributed by atoms with van der Waals surface area (Å²) in [7, 11) is -3.62. The Hall–Kier alpha value is -1.55. The van der Waals surface area contributed by atoms with Gasteiger partial charge in [-0.3, -0.25) is 4.18 Å². The zero-order valence-corrected chi connectivity index (χ0v) is 18.2. The Bertz CT molecular complexity index is 577. The number of hydrogen-bond donors (Lipinski definition) is 2. The topological polar surface area (TPSA) is 120 Å². The minimum Gasteiger partial charge on any atom is -0.444 e. The summed E-state index contributed by atoms with van der Waals surface area (Å²) in [5, 5.41) is 5.25. The van der Waals surface area contributed by atoms with Crippen molar-refractivity contribution >= 4 is 22.3 Å². The minimum absolute atomic E-state index is 0.183. The number of amides is 2. The van der Waals surface area contributed by atoms with Crippen LogP contribution in [0.5, 0.6) is 0 Å². The molecule has 0 aliphatic heterocycles. The fourth-order valence-corrected chi connectivity index (χ4v) is 2.31. The number of unbranched alkanes of at least 4 members (excludes halogenated alkanes) is 1. The molecule has 1 unspecified atom stereocenters. The number of ether oxygens (including phenoxy) is 2. The van der Waals surface area contributed by atoms with E-state index in [1.807, 2.05) is 0 Å². The molecule has 10 heteroatoms. The molecule has 0 bridgehead atoms. The molecule has 1 atom stereocenters. The maximum absolute atomic E-state index is 11.9. The summed E-state index contributed by atoms with van der Waals surface area (Å²) in [5.41, 5.74) is -1.22. The second-order valence-electron chi connectivity index (χ2n) is 8.26. The van der Waals surface area contributed by atoms with Crippen LogP contribution >= 0.6 is 0 Å². The average Bonchev–Trinajstić information content (AvgIpc) is 2.39. The maximum atomic E-state index is 11.9. The van der Waals surface area contributed by atoms with E-state index < -0.39 is 39.5 Å². The van der Waals surface area contributed by atoms with E-state index in [0.29, 0.717) is 25.8 Å². The highest BCUT2D eigenvalue weighted by Crippen LogP contribution is 2.09. The van der Waals surface area contributed by atoms with Crippen LogP contribution in [0.25, 0.3) is 0 Å². The lowest BCUT2D eigenvalue weighted by molar-refractivity contribution is 0.0483. The first-order chi connectivity index (χ1) is 12.1. The molecular formula is C17H34N2O7S. The van der Waals surface area contributed by atoms with Crippen LogP contribution in [0, 0.1) is 0 Å². The van der Waals surface area contributed by atoms with Gasteiger partial charge in [0.2, 0.25) is 0 Å². The molecule has 0 aliphatic carbocycles. The Morgan fingerprint density at radius 1 is 0.926 bits per heavy atom. The molecule has 0 heterocycles. The number of rotatable bonds is 9. The van der Waals surface area contributed by atoms with Crippen molar-refractivity contribution in [2.45, 2.75) is 78.0 Å². The molecule has 0 fully saturated rings. The van der Waals surface area contributed by atoms with Gasteiger partial charge in [-0.05, 0) is 60.8 Å². The first-order valence-electron chi connectivity index (χ1n) is 8.88. The smallest absolute Gasteiger partial charge is 0.407 e. The quantitative estimate of drug-likeness (QED) is 0.443. The second-order valence-corrected chi connectivity index (χ2v) is 9.90. The number of carbonyl (C=O) groups excluding carboxylic acids is 2. The molecule has 0 spiro atoms. The predicted molar refractivity (Wildman–Crippen MR) is 102 cm³/mol. The van der Waals surface area contributed by atoms with E-state index in [1.54, 1.807) is 41.5 Å². The van der Waals surface area contributed by atoms with Gasteiger partial charge in [0.15, 0.2) is 0 Å². The van der Waals surface area contributed by atoms with Crippen molar-refractivity contribution in [3.63, 3.8) is 0 Å². The molecule has 27 heavy (non-hydrogen) atoms. The zero-order chi connectivity index (χ0) is 21.3. The standard InChI is InChI=1S/C17H34N2O7S/c1-16(2,3)25-14(20)18-11-9-8-10-13(12-24-27(7,22)23)19-15(21)26-17(4,5)6/h13H,8-12H2,1-7H3,(H,18,20)(H,19,21). The molecule has 0 saturated carbocycles. The first-order valence-corrected chi connectivity index (χ1v) is 10.7. The Labute approximate surface area is 162 Å². The van der Waals surface area contributed by atoms with Crippen LogP contribution in [-0.4, -0.2) is 57.3 Å². The van der Waals surface area contributed by atoms with Crippen LogP contribution < -0.4 is 10.6 Å². The van der Waals surface area contributed by atoms with Crippen molar-refractivity contribution in [2.75, 3.05) is 19.4 Å². The van der Waals surface area contributed by atoms with Gasteiger partial charge in [0, 0.05) is 6.54 Å². The highest BCUT2D eigenvalue weighted by Gasteiger charge is 2.21. The van der Waals surface area contributed by atoms with Gasteiger partial charge >= 0.3 is 12.2 Å². The van der Waals surface area contributed by atoms with E-state index in [4.69, 9.17) is 13.7 Å². The normalized spacial score (nSPS) is 13.6. The predicted octanol–water partition coefficient (Wildman–Crippen LogP) is 2.55. The SMILES string of the molecule is CC(C)(C)OC(=O)NCCCCC(COS(C)(=O)=O)NC(=O)OC(C)(C)C.